The number of carbonyl (C=O) groups excluding carboxylic acids is 2. The number of hydrogen-bond donors (Lipinski definition) is 2. The van der Waals surface area contributed by atoms with Crippen LogP contribution >= 0.6 is 0 Å². The molecule has 1 saturated carbocycles. The summed E-state index contributed by atoms with van der Waals surface area (Å²) in [6.07, 6.45) is -1.30. The molecular weight excluding hydrogens is 316 g/mol. The third-order valence-corrected chi connectivity index (χ3v) is 6.68. The van der Waals surface area contributed by atoms with E-state index in [9.17, 15) is 19.8 Å². The molecule has 0 unspecified atom stereocenters. The molecule has 0 aromatic rings. The first-order valence-electron chi connectivity index (χ1n) is 8.21. The lowest BCUT2D eigenvalue weighted by molar-refractivity contribution is -0.247. The van der Waals surface area contributed by atoms with Crippen LogP contribution in [-0.2, 0) is 23.8 Å². The highest BCUT2D eigenvalue weighted by atomic mass is 16.6. The van der Waals surface area contributed by atoms with E-state index in [1.165, 1.54) is 6.92 Å². The van der Waals surface area contributed by atoms with Crippen LogP contribution in [0.2, 0.25) is 0 Å². The number of epoxide rings is 1. The fourth-order valence-electron chi connectivity index (χ4n) is 5.21. The van der Waals surface area contributed by atoms with Crippen molar-refractivity contribution in [3.63, 3.8) is 0 Å². The first-order valence-corrected chi connectivity index (χ1v) is 8.21. The summed E-state index contributed by atoms with van der Waals surface area (Å²) in [7, 11) is 0. The first kappa shape index (κ1) is 16.2. The van der Waals surface area contributed by atoms with Crippen LogP contribution in [0.5, 0.6) is 0 Å². The van der Waals surface area contributed by atoms with Gasteiger partial charge in [-0.1, -0.05) is 6.92 Å². The zero-order chi connectivity index (χ0) is 17.5. The molecule has 2 N–H and O–H groups in total. The van der Waals surface area contributed by atoms with Gasteiger partial charge in [0.25, 0.3) is 0 Å². The minimum atomic E-state index is -1.39. The Labute approximate surface area is 139 Å². The average Bonchev–Trinajstić information content (AvgIpc) is 3.27. The van der Waals surface area contributed by atoms with Gasteiger partial charge >= 0.3 is 5.97 Å². The molecule has 4 rings (SSSR count). The number of ketones is 1. The van der Waals surface area contributed by atoms with Crippen molar-refractivity contribution < 1.29 is 34.0 Å². The van der Waals surface area contributed by atoms with Crippen LogP contribution in [0, 0.1) is 10.8 Å². The molecule has 0 amide bonds. The van der Waals surface area contributed by atoms with E-state index in [0.29, 0.717) is 18.6 Å². The highest BCUT2D eigenvalue weighted by Gasteiger charge is 2.83. The third-order valence-electron chi connectivity index (χ3n) is 6.68. The van der Waals surface area contributed by atoms with Gasteiger partial charge in [-0.3, -0.25) is 9.59 Å². The summed E-state index contributed by atoms with van der Waals surface area (Å²) in [5.74, 6) is -0.900. The van der Waals surface area contributed by atoms with Crippen LogP contribution in [0.3, 0.4) is 0 Å². The smallest absolute Gasteiger partial charge is 0.302 e. The lowest BCUT2D eigenvalue weighted by Gasteiger charge is -2.58. The predicted molar refractivity (Wildman–Crippen MR) is 79.9 cm³/mol. The van der Waals surface area contributed by atoms with Crippen molar-refractivity contribution in [1.82, 2.24) is 0 Å². The van der Waals surface area contributed by atoms with Crippen LogP contribution in [0.15, 0.2) is 11.6 Å². The molecule has 7 nitrogen and oxygen atoms in total. The van der Waals surface area contributed by atoms with Crippen molar-refractivity contribution in [3.8, 4) is 0 Å². The second kappa shape index (κ2) is 4.66. The largest absolute Gasteiger partial charge is 0.465 e. The van der Waals surface area contributed by atoms with Gasteiger partial charge in [-0.05, 0) is 25.0 Å². The van der Waals surface area contributed by atoms with Crippen molar-refractivity contribution in [2.75, 3.05) is 13.2 Å². The second-order valence-electron chi connectivity index (χ2n) is 7.70. The Morgan fingerprint density at radius 2 is 2.12 bits per heavy atom. The van der Waals surface area contributed by atoms with Gasteiger partial charge in [-0.25, -0.2) is 0 Å². The van der Waals surface area contributed by atoms with Gasteiger partial charge in [0.15, 0.2) is 5.78 Å². The summed E-state index contributed by atoms with van der Waals surface area (Å²) in [6.45, 7) is 5.04. The molecule has 4 aliphatic rings. The maximum absolute atomic E-state index is 12.5. The van der Waals surface area contributed by atoms with E-state index < -0.39 is 52.6 Å². The van der Waals surface area contributed by atoms with Crippen molar-refractivity contribution >= 4 is 11.8 Å². The van der Waals surface area contributed by atoms with E-state index in [0.717, 1.165) is 0 Å². The molecule has 3 fully saturated rings. The molecule has 0 radical (unpaired) electrons. The summed E-state index contributed by atoms with van der Waals surface area (Å²) in [4.78, 5) is 24.0. The van der Waals surface area contributed by atoms with Gasteiger partial charge in [-0.15, -0.1) is 0 Å². The van der Waals surface area contributed by atoms with Crippen molar-refractivity contribution in [3.05, 3.63) is 11.6 Å². The Balaban J connectivity index is 1.89. The fraction of sp³-hybridized carbons (Fsp3) is 0.765. The van der Waals surface area contributed by atoms with E-state index in [4.69, 9.17) is 14.2 Å². The molecule has 7 heteroatoms. The first-order chi connectivity index (χ1) is 11.2. The topological polar surface area (TPSA) is 106 Å². The van der Waals surface area contributed by atoms with Crippen LogP contribution in [0.25, 0.3) is 0 Å². The van der Waals surface area contributed by atoms with Crippen LogP contribution in [0.4, 0.5) is 0 Å². The summed E-state index contributed by atoms with van der Waals surface area (Å²) in [6, 6.07) is 0. The van der Waals surface area contributed by atoms with Crippen LogP contribution in [0.1, 0.15) is 27.2 Å². The molecule has 7 atom stereocenters. The molecule has 0 aromatic heterocycles. The molecule has 0 aromatic carbocycles. The van der Waals surface area contributed by atoms with Gasteiger partial charge in [0.05, 0.1) is 24.2 Å². The Morgan fingerprint density at radius 1 is 1.46 bits per heavy atom. The summed E-state index contributed by atoms with van der Waals surface area (Å²) >= 11 is 0. The number of aliphatic hydroxyl groups is 2. The SMILES string of the molecule is CC(=O)OC[C@]12[C@H](O)C(=O)C(C)=C[C@H]1O[C@H]1[C@@H](O)C[C@]2(C)[C@@]12CO2. The summed E-state index contributed by atoms with van der Waals surface area (Å²) < 4.78 is 17.1. The fourth-order valence-corrected chi connectivity index (χ4v) is 5.21. The molecule has 2 heterocycles. The standard InChI is InChI=1S/C17H22O7/c1-8-4-11-16(6-22-9(2)18,13(21)12(8)20)15(3)5-10(19)14(24-11)17(15)7-23-17/h4,10-11,13-14,19,21H,5-7H2,1-3H3/t10-,11+,13+,14-,15-,16+,17+/m0/s1. The van der Waals surface area contributed by atoms with E-state index in [1.54, 1.807) is 13.0 Å². The average molecular weight is 338 g/mol. The monoisotopic (exact) mass is 338 g/mol. The minimum Gasteiger partial charge on any atom is -0.465 e. The van der Waals surface area contributed by atoms with Crippen LogP contribution < -0.4 is 0 Å². The Bertz CT molecular complexity index is 651. The maximum atomic E-state index is 12.5. The van der Waals surface area contributed by atoms with E-state index >= 15 is 0 Å². The predicted octanol–water partition coefficient (Wildman–Crippen LogP) is -0.267. The van der Waals surface area contributed by atoms with Crippen molar-refractivity contribution in [1.29, 1.82) is 0 Å². The highest BCUT2D eigenvalue weighted by molar-refractivity contribution is 6.00. The summed E-state index contributed by atoms with van der Waals surface area (Å²) in [5.41, 5.74) is -2.27. The van der Waals surface area contributed by atoms with Gasteiger partial charge in [0, 0.05) is 12.3 Å². The molecule has 132 valence electrons. The highest BCUT2D eigenvalue weighted by Crippen LogP contribution is 2.71. The minimum absolute atomic E-state index is 0.162. The lowest BCUT2D eigenvalue weighted by Crippen LogP contribution is -2.70. The van der Waals surface area contributed by atoms with Crippen LogP contribution in [-0.4, -0.2) is 65.2 Å². The van der Waals surface area contributed by atoms with Gasteiger partial charge in [-0.2, -0.15) is 0 Å². The molecule has 2 bridgehead atoms. The number of esters is 1. The molecular formula is C17H22O7. The van der Waals surface area contributed by atoms with Crippen molar-refractivity contribution in [2.45, 2.75) is 57.2 Å². The van der Waals surface area contributed by atoms with E-state index in [-0.39, 0.29) is 6.61 Å². The zero-order valence-electron chi connectivity index (χ0n) is 13.9. The van der Waals surface area contributed by atoms with Gasteiger partial charge in [0.2, 0.25) is 0 Å². The van der Waals surface area contributed by atoms with E-state index in [1.807, 2.05) is 6.92 Å². The normalized spacial score (nSPS) is 52.0. The Morgan fingerprint density at radius 3 is 2.71 bits per heavy atom. The summed E-state index contributed by atoms with van der Waals surface area (Å²) in [5, 5.41) is 21.4. The van der Waals surface area contributed by atoms with Gasteiger partial charge in [0.1, 0.15) is 24.4 Å². The number of rotatable bonds is 2. The third kappa shape index (κ3) is 1.61. The van der Waals surface area contributed by atoms with Crippen molar-refractivity contribution in [2.24, 2.45) is 10.8 Å². The molecule has 24 heavy (non-hydrogen) atoms. The zero-order valence-corrected chi connectivity index (χ0v) is 13.9. The second-order valence-corrected chi connectivity index (χ2v) is 7.70. The number of hydrogen-bond acceptors (Lipinski definition) is 7. The number of fused-ring (bicyclic) bond motifs is 2. The molecule has 2 aliphatic heterocycles. The Hall–Kier alpha value is -1.28. The quantitative estimate of drug-likeness (QED) is 0.527. The molecule has 1 spiro atoms. The molecule has 2 aliphatic carbocycles. The Kier molecular flexibility index (Phi) is 3.15. The maximum Gasteiger partial charge on any atom is 0.302 e. The molecule has 2 saturated heterocycles. The number of carbonyl (C=O) groups is 2. The lowest BCUT2D eigenvalue weighted by atomic mass is 9.50. The van der Waals surface area contributed by atoms with Gasteiger partial charge < -0.3 is 24.4 Å². The number of aliphatic hydroxyl groups excluding tert-OH is 2. The van der Waals surface area contributed by atoms with E-state index in [2.05, 4.69) is 0 Å². The number of ether oxygens (including phenoxy) is 3. The number of Topliss-reactive ketones (excluding diaryl/α,β-unsaturated/α-hetero) is 1.